The second-order valence-corrected chi connectivity index (χ2v) is 32.8. The molecule has 9 heteroatoms. The van der Waals surface area contributed by atoms with E-state index in [4.69, 9.17) is 32.7 Å². The van der Waals surface area contributed by atoms with E-state index in [9.17, 15) is 8.78 Å². The summed E-state index contributed by atoms with van der Waals surface area (Å²) >= 11 is 11.5. The van der Waals surface area contributed by atoms with Gasteiger partial charge in [-0.15, -0.1) is 0 Å². The van der Waals surface area contributed by atoms with Crippen LogP contribution in [0, 0.1) is 119 Å². The van der Waals surface area contributed by atoms with Crippen molar-refractivity contribution in [2.24, 2.45) is 51.8 Å². The molecule has 4 aromatic carbocycles. The lowest BCUT2D eigenvalue weighted by Crippen LogP contribution is -2.40. The first-order chi connectivity index (χ1) is 43.1. The number of hydrogen-bond donors (Lipinski definition) is 0. The fourth-order valence-corrected chi connectivity index (χ4v) is 15.9. The molecule has 4 heterocycles. The van der Waals surface area contributed by atoms with Crippen molar-refractivity contribution in [2.45, 2.75) is 244 Å². The quantitative estimate of drug-likeness (QED) is 0.164. The highest BCUT2D eigenvalue weighted by atomic mass is 35.5. The Balaban J connectivity index is 0.000000146. The molecule has 2 saturated heterocycles. The summed E-state index contributed by atoms with van der Waals surface area (Å²) in [5.41, 5.74) is 15.1. The summed E-state index contributed by atoms with van der Waals surface area (Å²) in [5.74, 6) is 6.69. The van der Waals surface area contributed by atoms with Crippen LogP contribution in [0.2, 0.25) is 10.0 Å². The molecule has 2 spiro atoms. The molecule has 91 heavy (non-hydrogen) atoms. The first-order valence-corrected chi connectivity index (χ1v) is 36.9. The van der Waals surface area contributed by atoms with Crippen molar-refractivity contribution < 1.29 is 18.3 Å². The van der Waals surface area contributed by atoms with Gasteiger partial charge in [0.25, 0.3) is 0 Å². The van der Waals surface area contributed by atoms with E-state index in [1.165, 1.54) is 170 Å². The molecule has 0 N–H and O–H groups in total. The number of halogens is 4. The number of nitrogens with zero attached hydrogens (tertiary/aromatic N) is 3. The van der Waals surface area contributed by atoms with E-state index in [0.29, 0.717) is 30.1 Å². The highest BCUT2D eigenvalue weighted by Gasteiger charge is 2.44. The van der Waals surface area contributed by atoms with Crippen LogP contribution in [-0.2, 0) is 6.42 Å². The number of benzene rings is 4. The molecule has 4 atom stereocenters. The van der Waals surface area contributed by atoms with Crippen molar-refractivity contribution in [3.05, 3.63) is 132 Å². The fraction of sp³-hybridized carbons (Fsp3) is 0.683. The summed E-state index contributed by atoms with van der Waals surface area (Å²) < 4.78 is 37.6. The minimum atomic E-state index is -0.255. The average Bonchev–Trinajstić information content (AvgIpc) is 1.92. The number of likely N-dealkylation sites (tertiary alicyclic amines) is 2. The van der Waals surface area contributed by atoms with Crippen LogP contribution in [0.3, 0.4) is 0 Å². The van der Waals surface area contributed by atoms with E-state index in [0.717, 1.165) is 109 Å². The monoisotopic (exact) mass is 1290 g/mol. The Morgan fingerprint density at radius 1 is 0.495 bits per heavy atom. The van der Waals surface area contributed by atoms with Crippen LogP contribution in [0.15, 0.2) is 60.2 Å². The first-order valence-electron chi connectivity index (χ1n) is 36.1. The number of fused-ring (bicyclic) bond motifs is 6. The molecule has 508 valence electrons. The zero-order valence-corrected chi connectivity index (χ0v) is 61.8. The third-order valence-electron chi connectivity index (χ3n) is 22.9. The number of likely N-dealkylation sites (N-methyl/N-ethyl adjacent to an activating group) is 1. The van der Waals surface area contributed by atoms with E-state index in [-0.39, 0.29) is 11.6 Å². The molecule has 0 aromatic heterocycles. The van der Waals surface area contributed by atoms with Crippen molar-refractivity contribution in [1.29, 1.82) is 0 Å². The Labute approximate surface area is 565 Å². The third kappa shape index (κ3) is 23.9. The van der Waals surface area contributed by atoms with Crippen molar-refractivity contribution in [3.63, 3.8) is 0 Å². The minimum Gasteiger partial charge on any atom is -0.490 e. The predicted octanol–water partition coefficient (Wildman–Crippen LogP) is 23.1. The van der Waals surface area contributed by atoms with Gasteiger partial charge in [0, 0.05) is 48.8 Å². The number of ether oxygens (including phenoxy) is 2. The van der Waals surface area contributed by atoms with Gasteiger partial charge in [-0.3, -0.25) is 0 Å². The number of rotatable bonds is 0. The van der Waals surface area contributed by atoms with Gasteiger partial charge in [-0.1, -0.05) is 113 Å². The van der Waals surface area contributed by atoms with Crippen LogP contribution < -0.4 is 14.4 Å². The molecule has 4 aliphatic heterocycles. The average molecular weight is 1290 g/mol. The summed E-state index contributed by atoms with van der Waals surface area (Å²) in [6.07, 6.45) is 37.3. The number of piperidine rings is 2. The first kappa shape index (κ1) is 74.8. The molecule has 11 aliphatic rings. The lowest BCUT2D eigenvalue weighted by atomic mass is 9.74. The van der Waals surface area contributed by atoms with Gasteiger partial charge in [0.15, 0.2) is 23.1 Å². The molecule has 4 unspecified atom stereocenters. The maximum atomic E-state index is 13.5. The van der Waals surface area contributed by atoms with Crippen LogP contribution in [-0.4, -0.2) is 76.9 Å². The molecule has 15 rings (SSSR count). The zero-order chi connectivity index (χ0) is 66.2. The summed E-state index contributed by atoms with van der Waals surface area (Å²) in [6, 6.07) is 15.0. The molecule has 4 bridgehead atoms. The number of aryl methyl sites for hydroxylation is 6. The molecule has 8 fully saturated rings. The number of anilines is 1. The van der Waals surface area contributed by atoms with Gasteiger partial charge in [-0.05, 0) is 325 Å². The molecule has 6 saturated carbocycles. The molecular weight excluding hydrogens is 1170 g/mol. The summed E-state index contributed by atoms with van der Waals surface area (Å²) in [7, 11) is 6.49. The van der Waals surface area contributed by atoms with Crippen LogP contribution in [0.25, 0.3) is 0 Å². The van der Waals surface area contributed by atoms with Gasteiger partial charge in [-0.25, -0.2) is 8.78 Å². The molecule has 0 amide bonds. The predicted molar refractivity (Wildman–Crippen MR) is 387 cm³/mol. The van der Waals surface area contributed by atoms with Crippen molar-refractivity contribution in [2.75, 3.05) is 72.0 Å². The van der Waals surface area contributed by atoms with Crippen molar-refractivity contribution in [3.8, 4) is 11.5 Å². The zero-order valence-electron chi connectivity index (χ0n) is 60.3. The maximum Gasteiger partial charge on any atom is 0.178 e. The van der Waals surface area contributed by atoms with Gasteiger partial charge in [0.05, 0.1) is 18.8 Å². The van der Waals surface area contributed by atoms with Gasteiger partial charge in [0.1, 0.15) is 6.61 Å². The normalized spacial score (nSPS) is 24.9. The molecule has 7 aliphatic carbocycles. The Hall–Kier alpha value is -3.62. The molecular formula is C82H125Cl2F2N3O2. The Morgan fingerprint density at radius 2 is 1.01 bits per heavy atom. The highest BCUT2D eigenvalue weighted by Crippen LogP contribution is 2.57. The summed E-state index contributed by atoms with van der Waals surface area (Å²) in [5, 5.41) is 1.67. The number of allylic oxidation sites excluding steroid dienone is 2. The van der Waals surface area contributed by atoms with Crippen molar-refractivity contribution >= 4 is 28.9 Å². The van der Waals surface area contributed by atoms with Crippen LogP contribution >= 0.6 is 23.2 Å². The second-order valence-electron chi connectivity index (χ2n) is 32.0. The van der Waals surface area contributed by atoms with Crippen molar-refractivity contribution in [1.82, 2.24) is 9.80 Å². The lowest BCUT2D eigenvalue weighted by molar-refractivity contribution is 0.107. The van der Waals surface area contributed by atoms with E-state index in [1.54, 1.807) is 37.3 Å². The van der Waals surface area contributed by atoms with Crippen LogP contribution in [0.4, 0.5) is 14.5 Å². The van der Waals surface area contributed by atoms with Gasteiger partial charge >= 0.3 is 0 Å². The summed E-state index contributed by atoms with van der Waals surface area (Å²) in [4.78, 5) is 7.05. The highest BCUT2D eigenvalue weighted by molar-refractivity contribution is 6.31. The maximum absolute atomic E-state index is 13.5. The van der Waals surface area contributed by atoms with Gasteiger partial charge in [-0.2, -0.15) is 0 Å². The Kier molecular flexibility index (Phi) is 28.7. The lowest BCUT2D eigenvalue weighted by Gasteiger charge is -2.39. The van der Waals surface area contributed by atoms with E-state index >= 15 is 0 Å². The minimum absolute atomic E-state index is 0.210. The fourth-order valence-electron chi connectivity index (χ4n) is 15.5. The molecule has 4 aromatic rings. The largest absolute Gasteiger partial charge is 0.490 e. The third-order valence-corrected chi connectivity index (χ3v) is 23.5. The molecule has 5 nitrogen and oxygen atoms in total. The van der Waals surface area contributed by atoms with Crippen LogP contribution in [0.1, 0.15) is 232 Å². The summed E-state index contributed by atoms with van der Waals surface area (Å²) in [6.45, 7) is 35.4. The molecule has 0 radical (unpaired) electrons. The topological polar surface area (TPSA) is 28.2 Å². The Morgan fingerprint density at radius 3 is 1.51 bits per heavy atom. The SMILES string of the molecule is CC1=CCC2(CC1)CC2.CC1CCC(C)(C)CC1.CC1CCC2(CC1)CC2.CN1CC2CCC(C2)C1.CN1CC2CCCC(C2)C1.Cc1cc(F)c2c(c1C)CCCO2.Cc1cc(F)c2c(c1C)N(C)CCO2.Cc1ccc(C)c(Cl)c1.Cc1ccc(Cl)cc1C. The Bertz CT molecular complexity index is 2850. The van der Waals surface area contributed by atoms with E-state index in [1.807, 2.05) is 83.8 Å². The second kappa shape index (κ2) is 34.9. The van der Waals surface area contributed by atoms with E-state index < -0.39 is 0 Å². The van der Waals surface area contributed by atoms with E-state index in [2.05, 4.69) is 84.5 Å². The van der Waals surface area contributed by atoms with Gasteiger partial charge in [0.2, 0.25) is 0 Å². The van der Waals surface area contributed by atoms with Crippen LogP contribution in [0.5, 0.6) is 11.5 Å². The number of hydrogen-bond acceptors (Lipinski definition) is 5. The van der Waals surface area contributed by atoms with Gasteiger partial charge < -0.3 is 24.2 Å². The smallest absolute Gasteiger partial charge is 0.178 e. The standard InChI is InChI=1S/C11H14FNO.C11H13FO.C9H17N.C9H16.C9H14.C9H18.2C8H9Cl.C8H15N/c1-7-6-9(12)11-10(8(7)2)13(3)4-5-14-11;1-7-6-10(12)11-9(8(7)2)4-3-5-13-11;1-10-6-8-3-2-4-9(5-8)7-10;2*1-8-2-4-9(5-3-8)6-7-9;1-8-4-6-9(2,3)7-5-8;1-6-3-4-8(9)5-7(6)2;1-6-3-4-7(2)8(9)5-6;1-9-5-7-2-3-8(4-7)6-9/h6H,4-5H2,1-3H3;6H,3-5H2,1-2H3;8-9H,2-7H2,1H3;8H,2-7H2,1H3;2H,3-7H2,1H3;8H,4-7H2,1-3H3;2*3-5H,1-2H3;7-8H,2-6H2,1H3.